The molecule has 0 radical (unpaired) electrons. The van der Waals surface area contributed by atoms with Crippen LogP contribution in [-0.4, -0.2) is 15.6 Å². The van der Waals surface area contributed by atoms with Gasteiger partial charge in [0.25, 0.3) is 0 Å². The van der Waals surface area contributed by atoms with Gasteiger partial charge in [-0.15, -0.1) is 0 Å². The van der Waals surface area contributed by atoms with Gasteiger partial charge >= 0.3 is 0 Å². The maximum absolute atomic E-state index is 12.4. The highest BCUT2D eigenvalue weighted by atomic mass is 35.5. The van der Waals surface area contributed by atoms with Crippen molar-refractivity contribution >= 4 is 17.4 Å². The molecule has 0 fully saturated rings. The molecule has 0 saturated heterocycles. The highest BCUT2D eigenvalue weighted by Gasteiger charge is 2.21. The van der Waals surface area contributed by atoms with E-state index in [9.17, 15) is 4.79 Å². The summed E-state index contributed by atoms with van der Waals surface area (Å²) >= 11 is 5.99. The topological polar surface area (TPSA) is 34.9 Å². The molecule has 0 N–H and O–H groups in total. The highest BCUT2D eigenvalue weighted by molar-refractivity contribution is 6.31. The smallest absolute Gasteiger partial charge is 0.187 e. The van der Waals surface area contributed by atoms with E-state index in [2.05, 4.69) is 5.10 Å². The lowest BCUT2D eigenvalue weighted by Gasteiger charge is -2.14. The minimum absolute atomic E-state index is 0.0669. The zero-order chi connectivity index (χ0) is 13.1. The third kappa shape index (κ3) is 2.46. The third-order valence-electron chi connectivity index (χ3n) is 2.92. The number of hydrogen-bond donors (Lipinski definition) is 0. The lowest BCUT2D eigenvalue weighted by Crippen LogP contribution is -2.19. The molecule has 0 aliphatic rings. The molecule has 3 nitrogen and oxygen atoms in total. The lowest BCUT2D eigenvalue weighted by atomic mass is 10.0. The third-order valence-corrected chi connectivity index (χ3v) is 3.29. The number of halogens is 1. The van der Waals surface area contributed by atoms with Gasteiger partial charge < -0.3 is 0 Å². The summed E-state index contributed by atoms with van der Waals surface area (Å²) in [5, 5.41) is 4.88. The van der Waals surface area contributed by atoms with Gasteiger partial charge in [0.2, 0.25) is 0 Å². The summed E-state index contributed by atoms with van der Waals surface area (Å²) in [6.07, 6.45) is 2.40. The molecule has 0 spiro atoms. The van der Waals surface area contributed by atoms with Crippen LogP contribution in [-0.2, 0) is 0 Å². The zero-order valence-corrected chi connectivity index (χ0v) is 11.2. The number of aromatic nitrogens is 2. The second-order valence-electron chi connectivity index (χ2n) is 4.20. The molecule has 0 amide bonds. The van der Waals surface area contributed by atoms with E-state index in [1.165, 1.54) is 0 Å². The van der Waals surface area contributed by atoms with Crippen LogP contribution in [0.3, 0.4) is 0 Å². The second-order valence-corrected chi connectivity index (χ2v) is 4.60. The molecule has 2 aromatic rings. The number of carbonyl (C=O) groups excluding carboxylic acids is 1. The van der Waals surface area contributed by atoms with E-state index in [4.69, 9.17) is 11.6 Å². The number of nitrogens with zero attached hydrogens (tertiary/aromatic N) is 2. The summed E-state index contributed by atoms with van der Waals surface area (Å²) < 4.78 is 1.66. The maximum Gasteiger partial charge on any atom is 0.187 e. The van der Waals surface area contributed by atoms with Gasteiger partial charge in [0.1, 0.15) is 6.04 Å². The van der Waals surface area contributed by atoms with Crippen molar-refractivity contribution in [2.24, 2.45) is 0 Å². The van der Waals surface area contributed by atoms with Crippen molar-refractivity contribution in [2.45, 2.75) is 26.3 Å². The number of hydrogen-bond acceptors (Lipinski definition) is 2. The van der Waals surface area contributed by atoms with Crippen LogP contribution in [0.5, 0.6) is 0 Å². The van der Waals surface area contributed by atoms with Crippen molar-refractivity contribution in [1.82, 2.24) is 9.78 Å². The molecule has 0 bridgehead atoms. The minimum Gasteiger partial charge on any atom is -0.292 e. The molecule has 94 valence electrons. The Kier molecular flexibility index (Phi) is 3.82. The summed E-state index contributed by atoms with van der Waals surface area (Å²) in [6, 6.07) is 8.97. The summed E-state index contributed by atoms with van der Waals surface area (Å²) in [6.45, 7) is 3.80. The maximum atomic E-state index is 12.4. The number of rotatable bonds is 4. The Bertz CT molecular complexity index is 529. The number of benzene rings is 1. The molecule has 0 saturated carbocycles. The SMILES string of the molecule is CCC(C(=O)c1ccccc1)n1cc(Cl)c(C)n1. The summed E-state index contributed by atoms with van der Waals surface area (Å²) in [4.78, 5) is 12.4. The van der Waals surface area contributed by atoms with Crippen LogP contribution in [0.15, 0.2) is 36.5 Å². The van der Waals surface area contributed by atoms with Crippen LogP contribution in [0.4, 0.5) is 0 Å². The van der Waals surface area contributed by atoms with Crippen LogP contribution in [0, 0.1) is 6.92 Å². The monoisotopic (exact) mass is 262 g/mol. The molecule has 1 aromatic heterocycles. The zero-order valence-electron chi connectivity index (χ0n) is 10.4. The van der Waals surface area contributed by atoms with Gasteiger partial charge in [-0.05, 0) is 13.3 Å². The van der Waals surface area contributed by atoms with E-state index in [0.717, 1.165) is 5.69 Å². The normalized spacial score (nSPS) is 12.4. The quantitative estimate of drug-likeness (QED) is 0.788. The van der Waals surface area contributed by atoms with Gasteiger partial charge in [0.15, 0.2) is 5.78 Å². The summed E-state index contributed by atoms with van der Waals surface area (Å²) in [7, 11) is 0. The first-order chi connectivity index (χ1) is 8.63. The second kappa shape index (κ2) is 5.36. The van der Waals surface area contributed by atoms with Crippen LogP contribution in [0.2, 0.25) is 5.02 Å². The van der Waals surface area contributed by atoms with Crippen molar-refractivity contribution in [2.75, 3.05) is 0 Å². The molecular weight excluding hydrogens is 248 g/mol. The fourth-order valence-corrected chi connectivity index (χ4v) is 2.04. The van der Waals surface area contributed by atoms with Crippen molar-refractivity contribution in [3.63, 3.8) is 0 Å². The van der Waals surface area contributed by atoms with E-state index in [1.54, 1.807) is 10.9 Å². The van der Waals surface area contributed by atoms with E-state index in [-0.39, 0.29) is 11.8 Å². The molecule has 2 rings (SSSR count). The highest BCUT2D eigenvalue weighted by Crippen LogP contribution is 2.21. The Labute approximate surface area is 111 Å². The van der Waals surface area contributed by atoms with E-state index >= 15 is 0 Å². The minimum atomic E-state index is -0.293. The van der Waals surface area contributed by atoms with Crippen LogP contribution in [0.1, 0.15) is 35.4 Å². The molecule has 1 atom stereocenters. The first-order valence-corrected chi connectivity index (χ1v) is 6.31. The molecule has 4 heteroatoms. The largest absolute Gasteiger partial charge is 0.292 e. The van der Waals surface area contributed by atoms with Crippen LogP contribution >= 0.6 is 11.6 Å². The predicted octanol–water partition coefficient (Wildman–Crippen LogP) is 3.68. The van der Waals surface area contributed by atoms with Crippen LogP contribution in [0.25, 0.3) is 0 Å². The van der Waals surface area contributed by atoms with Crippen LogP contribution < -0.4 is 0 Å². The number of Topliss-reactive ketones (excluding diaryl/α,β-unsaturated/α-hetero) is 1. The van der Waals surface area contributed by atoms with E-state index < -0.39 is 0 Å². The van der Waals surface area contributed by atoms with Gasteiger partial charge in [0, 0.05) is 11.8 Å². The van der Waals surface area contributed by atoms with Crippen molar-refractivity contribution < 1.29 is 4.79 Å². The Balaban J connectivity index is 2.32. The Morgan fingerprint density at radius 2 is 2.06 bits per heavy atom. The van der Waals surface area contributed by atoms with Crippen molar-refractivity contribution in [3.8, 4) is 0 Å². The van der Waals surface area contributed by atoms with Crippen molar-refractivity contribution in [1.29, 1.82) is 0 Å². The first kappa shape index (κ1) is 12.8. The summed E-state index contributed by atoms with van der Waals surface area (Å²) in [5.41, 5.74) is 1.45. The van der Waals surface area contributed by atoms with Gasteiger partial charge in [-0.1, -0.05) is 48.9 Å². The Morgan fingerprint density at radius 1 is 1.39 bits per heavy atom. The average molecular weight is 263 g/mol. The number of ketones is 1. The molecule has 1 unspecified atom stereocenters. The number of aryl methyl sites for hydroxylation is 1. The Hall–Kier alpha value is -1.61. The van der Waals surface area contributed by atoms with Crippen molar-refractivity contribution in [3.05, 3.63) is 52.8 Å². The average Bonchev–Trinajstić information content (AvgIpc) is 2.71. The van der Waals surface area contributed by atoms with E-state index in [1.807, 2.05) is 44.2 Å². The molecule has 1 aromatic carbocycles. The first-order valence-electron chi connectivity index (χ1n) is 5.94. The molecule has 0 aliphatic heterocycles. The predicted molar refractivity (Wildman–Crippen MR) is 72.1 cm³/mol. The fraction of sp³-hybridized carbons (Fsp3) is 0.286. The van der Waals surface area contributed by atoms with Gasteiger partial charge in [-0.25, -0.2) is 0 Å². The molecule has 0 aliphatic carbocycles. The van der Waals surface area contributed by atoms with Gasteiger partial charge in [-0.3, -0.25) is 9.48 Å². The van der Waals surface area contributed by atoms with E-state index in [0.29, 0.717) is 17.0 Å². The van der Waals surface area contributed by atoms with Gasteiger partial charge in [-0.2, -0.15) is 5.10 Å². The molecule has 1 heterocycles. The molecule has 18 heavy (non-hydrogen) atoms. The summed E-state index contributed by atoms with van der Waals surface area (Å²) in [5.74, 6) is 0.0669. The van der Waals surface area contributed by atoms with Gasteiger partial charge in [0.05, 0.1) is 10.7 Å². The lowest BCUT2D eigenvalue weighted by molar-refractivity contribution is 0.0914. The number of carbonyl (C=O) groups is 1. The fourth-order valence-electron chi connectivity index (χ4n) is 1.91. The Morgan fingerprint density at radius 3 is 2.56 bits per heavy atom. The standard InChI is InChI=1S/C14H15ClN2O/c1-3-13(17-9-12(15)10(2)16-17)14(18)11-7-5-4-6-8-11/h4-9,13H,3H2,1-2H3. The molecular formula is C14H15ClN2O.